The lowest BCUT2D eigenvalue weighted by atomic mass is 9.64. The summed E-state index contributed by atoms with van der Waals surface area (Å²) in [7, 11) is 0. The minimum atomic E-state index is -0.718. The highest BCUT2D eigenvalue weighted by molar-refractivity contribution is 6.31. The number of halogens is 3. The van der Waals surface area contributed by atoms with Crippen LogP contribution in [0.4, 0.5) is 8.78 Å². The Kier molecular flexibility index (Phi) is 5.36. The smallest absolute Gasteiger partial charge is 0.145 e. The molecule has 0 nitrogen and oxygen atoms in total. The molecule has 0 heterocycles. The molecule has 2 saturated carbocycles. The Labute approximate surface area is 165 Å². The van der Waals surface area contributed by atoms with Crippen LogP contribution in [0.2, 0.25) is 5.02 Å². The fraction of sp³-hybridized carbons (Fsp3) is 0.417. The Morgan fingerprint density at radius 2 is 1.48 bits per heavy atom. The van der Waals surface area contributed by atoms with Crippen molar-refractivity contribution >= 4 is 11.6 Å². The lowest BCUT2D eigenvalue weighted by Gasteiger charge is -2.41. The van der Waals surface area contributed by atoms with Gasteiger partial charge in [0.15, 0.2) is 0 Å². The molecule has 2 aromatic carbocycles. The summed E-state index contributed by atoms with van der Waals surface area (Å²) in [5.74, 6) is 1.56. The van der Waals surface area contributed by atoms with Crippen LogP contribution in [-0.4, -0.2) is 0 Å². The minimum absolute atomic E-state index is 0.446. The maximum Gasteiger partial charge on any atom is 0.145 e. The van der Waals surface area contributed by atoms with Crippen LogP contribution in [-0.2, 0) is 0 Å². The van der Waals surface area contributed by atoms with E-state index in [1.807, 2.05) is 12.1 Å². The van der Waals surface area contributed by atoms with Crippen molar-refractivity contribution in [1.82, 2.24) is 0 Å². The fourth-order valence-electron chi connectivity index (χ4n) is 5.11. The van der Waals surface area contributed by atoms with E-state index in [1.54, 1.807) is 0 Å². The Hall–Kier alpha value is -1.67. The van der Waals surface area contributed by atoms with Gasteiger partial charge in [0, 0.05) is 0 Å². The average molecular weight is 387 g/mol. The topological polar surface area (TPSA) is 0 Å². The van der Waals surface area contributed by atoms with Crippen LogP contribution in [0.25, 0.3) is 11.1 Å². The molecular formula is C24H25ClF2. The lowest BCUT2D eigenvalue weighted by Crippen LogP contribution is -2.29. The van der Waals surface area contributed by atoms with E-state index in [0.717, 1.165) is 17.4 Å². The van der Waals surface area contributed by atoms with Gasteiger partial charge in [0.2, 0.25) is 0 Å². The highest BCUT2D eigenvalue weighted by Gasteiger charge is 2.35. The van der Waals surface area contributed by atoms with Gasteiger partial charge in [-0.05, 0) is 91.0 Å². The van der Waals surface area contributed by atoms with Crippen LogP contribution in [0.5, 0.6) is 0 Å². The number of hydrogen-bond acceptors (Lipinski definition) is 0. The summed E-state index contributed by atoms with van der Waals surface area (Å²) in [5.41, 5.74) is 2.68. The van der Waals surface area contributed by atoms with Gasteiger partial charge in [-0.1, -0.05) is 41.9 Å². The van der Waals surface area contributed by atoms with E-state index in [4.69, 9.17) is 11.6 Å². The van der Waals surface area contributed by atoms with Gasteiger partial charge in [0.25, 0.3) is 0 Å². The molecule has 27 heavy (non-hydrogen) atoms. The lowest BCUT2D eigenvalue weighted by molar-refractivity contribution is 0.133. The third kappa shape index (κ3) is 3.82. The molecule has 3 heteroatoms. The average Bonchev–Trinajstić information content (AvgIpc) is 2.71. The van der Waals surface area contributed by atoms with Crippen LogP contribution >= 0.6 is 11.6 Å². The molecule has 2 aromatic rings. The predicted octanol–water partition coefficient (Wildman–Crippen LogP) is 7.77. The normalized spacial score (nSPS) is 27.8. The number of allylic oxidation sites excluding steroid dienone is 1. The Morgan fingerprint density at radius 3 is 2.15 bits per heavy atom. The van der Waals surface area contributed by atoms with Crippen molar-refractivity contribution < 1.29 is 8.78 Å². The van der Waals surface area contributed by atoms with E-state index >= 15 is 0 Å². The molecule has 4 atom stereocenters. The van der Waals surface area contributed by atoms with Crippen LogP contribution in [0.3, 0.4) is 0 Å². The molecule has 2 aliphatic carbocycles. The Balaban J connectivity index is 1.48. The van der Waals surface area contributed by atoms with Crippen LogP contribution in [0, 0.1) is 29.4 Å². The maximum absolute atomic E-state index is 13.7. The monoisotopic (exact) mass is 386 g/mol. The van der Waals surface area contributed by atoms with E-state index in [0.29, 0.717) is 17.4 Å². The first-order valence-electron chi connectivity index (χ1n) is 9.92. The van der Waals surface area contributed by atoms with Gasteiger partial charge in [-0.2, -0.15) is 0 Å². The molecule has 2 fully saturated rings. The van der Waals surface area contributed by atoms with Crippen molar-refractivity contribution in [3.8, 4) is 11.1 Å². The first kappa shape index (κ1) is 18.7. The summed E-state index contributed by atoms with van der Waals surface area (Å²) in [6.45, 7) is 3.98. The summed E-state index contributed by atoms with van der Waals surface area (Å²) in [6.07, 6.45) is 9.85. The number of benzene rings is 2. The van der Waals surface area contributed by atoms with Gasteiger partial charge >= 0.3 is 0 Å². The second kappa shape index (κ2) is 7.75. The fourth-order valence-corrected chi connectivity index (χ4v) is 5.22. The summed E-state index contributed by atoms with van der Waals surface area (Å²) in [4.78, 5) is 0. The van der Waals surface area contributed by atoms with Gasteiger partial charge in [-0.15, -0.1) is 6.58 Å². The molecule has 2 aliphatic rings. The SMILES string of the molecule is C=CC1CCC2CC(c3ccc(-c4cc(F)c(Cl)c(F)c4)cc3)CCC2C1. The first-order chi connectivity index (χ1) is 13.0. The van der Waals surface area contributed by atoms with E-state index in [1.165, 1.54) is 56.2 Å². The molecule has 0 N–H and O–H groups in total. The summed E-state index contributed by atoms with van der Waals surface area (Å²) in [5, 5.41) is -0.446. The Bertz CT molecular complexity index is 804. The van der Waals surface area contributed by atoms with Gasteiger partial charge in [0.1, 0.15) is 16.7 Å². The van der Waals surface area contributed by atoms with E-state index in [-0.39, 0.29) is 0 Å². The molecule has 4 unspecified atom stereocenters. The first-order valence-corrected chi connectivity index (χ1v) is 10.3. The molecule has 0 radical (unpaired) electrons. The van der Waals surface area contributed by atoms with Crippen molar-refractivity contribution in [1.29, 1.82) is 0 Å². The van der Waals surface area contributed by atoms with E-state index in [9.17, 15) is 8.78 Å². The quantitative estimate of drug-likeness (QED) is 0.373. The minimum Gasteiger partial charge on any atom is -0.205 e. The van der Waals surface area contributed by atoms with Crippen LogP contribution in [0.1, 0.15) is 50.0 Å². The van der Waals surface area contributed by atoms with Crippen molar-refractivity contribution in [2.24, 2.45) is 17.8 Å². The zero-order valence-electron chi connectivity index (χ0n) is 15.4. The third-order valence-corrected chi connectivity index (χ3v) is 7.05. The van der Waals surface area contributed by atoms with Crippen molar-refractivity contribution in [3.05, 3.63) is 71.3 Å². The highest BCUT2D eigenvalue weighted by Crippen LogP contribution is 2.47. The third-order valence-electron chi connectivity index (χ3n) is 6.69. The molecule has 142 valence electrons. The van der Waals surface area contributed by atoms with Crippen molar-refractivity contribution in [2.75, 3.05) is 0 Å². The van der Waals surface area contributed by atoms with Crippen LogP contribution < -0.4 is 0 Å². The maximum atomic E-state index is 13.7. The second-order valence-corrected chi connectivity index (χ2v) is 8.59. The number of rotatable bonds is 3. The summed E-state index contributed by atoms with van der Waals surface area (Å²) >= 11 is 5.58. The predicted molar refractivity (Wildman–Crippen MR) is 108 cm³/mol. The summed E-state index contributed by atoms with van der Waals surface area (Å²) < 4.78 is 27.5. The molecule has 0 aliphatic heterocycles. The molecule has 0 amide bonds. The molecular weight excluding hydrogens is 362 g/mol. The van der Waals surface area contributed by atoms with Crippen molar-refractivity contribution in [2.45, 2.75) is 44.4 Å². The molecule has 0 aromatic heterocycles. The highest BCUT2D eigenvalue weighted by atomic mass is 35.5. The number of fused-ring (bicyclic) bond motifs is 1. The van der Waals surface area contributed by atoms with Gasteiger partial charge in [-0.3, -0.25) is 0 Å². The standard InChI is InChI=1S/C24H25ClF2/c1-2-15-3-4-20-12-19(10-9-18(20)11-15)16-5-7-17(8-6-16)21-13-22(26)24(25)23(27)14-21/h2,5-8,13-15,18-20H,1,3-4,9-12H2. The largest absolute Gasteiger partial charge is 0.205 e. The Morgan fingerprint density at radius 1 is 0.852 bits per heavy atom. The zero-order valence-corrected chi connectivity index (χ0v) is 16.2. The second-order valence-electron chi connectivity index (χ2n) is 8.21. The van der Waals surface area contributed by atoms with Crippen LogP contribution in [0.15, 0.2) is 49.1 Å². The molecule has 0 bridgehead atoms. The zero-order chi connectivity index (χ0) is 19.0. The van der Waals surface area contributed by atoms with Gasteiger partial charge < -0.3 is 0 Å². The van der Waals surface area contributed by atoms with Crippen molar-refractivity contribution in [3.63, 3.8) is 0 Å². The van der Waals surface area contributed by atoms with E-state index in [2.05, 4.69) is 24.8 Å². The van der Waals surface area contributed by atoms with Gasteiger partial charge in [-0.25, -0.2) is 8.78 Å². The molecule has 4 rings (SSSR count). The van der Waals surface area contributed by atoms with E-state index < -0.39 is 16.7 Å². The summed E-state index contributed by atoms with van der Waals surface area (Å²) in [6, 6.07) is 10.8. The number of hydrogen-bond donors (Lipinski definition) is 0. The molecule has 0 spiro atoms. The molecule has 0 saturated heterocycles. The van der Waals surface area contributed by atoms with Gasteiger partial charge in [0.05, 0.1) is 0 Å².